The molecule has 0 atom stereocenters. The Morgan fingerprint density at radius 3 is 2.86 bits per heavy atom. The van der Waals surface area contributed by atoms with Gasteiger partial charge in [0.05, 0.1) is 4.92 Å². The average molecular weight is 255 g/mol. The third-order valence-electron chi connectivity index (χ3n) is 2.06. The summed E-state index contributed by atoms with van der Waals surface area (Å²) in [5.74, 6) is 0. The summed E-state index contributed by atoms with van der Waals surface area (Å²) in [4.78, 5) is 13.2. The van der Waals surface area contributed by atoms with Gasteiger partial charge in [0.2, 0.25) is 0 Å². The Morgan fingerprint density at radius 2 is 2.21 bits per heavy atom. The summed E-state index contributed by atoms with van der Waals surface area (Å²) in [7, 11) is 0. The largest absolute Gasteiger partial charge is 0.354 e. The lowest BCUT2D eigenvalue weighted by Gasteiger charge is -1.96. The van der Waals surface area contributed by atoms with E-state index in [0.29, 0.717) is 5.52 Å². The van der Waals surface area contributed by atoms with Gasteiger partial charge in [0, 0.05) is 22.1 Å². The number of nitrogens with zero attached hydrogens (tertiary/aromatic N) is 1. The summed E-state index contributed by atoms with van der Waals surface area (Å²) in [5.41, 5.74) is 1.56. The standard InChI is InChI=1S/C9H7BrN2O2/c1-5-2-6-7(10)4-11-9(6)8(3-5)12(13)14/h2-4,11H,1H3. The maximum Gasteiger partial charge on any atom is 0.293 e. The van der Waals surface area contributed by atoms with E-state index in [-0.39, 0.29) is 10.6 Å². The minimum Gasteiger partial charge on any atom is -0.354 e. The zero-order chi connectivity index (χ0) is 10.3. The van der Waals surface area contributed by atoms with E-state index in [1.54, 1.807) is 12.3 Å². The number of nitro benzene ring substituents is 1. The zero-order valence-corrected chi connectivity index (χ0v) is 8.96. The van der Waals surface area contributed by atoms with Gasteiger partial charge in [0.1, 0.15) is 5.52 Å². The molecule has 1 N–H and O–H groups in total. The van der Waals surface area contributed by atoms with Crippen molar-refractivity contribution in [1.29, 1.82) is 0 Å². The van der Waals surface area contributed by atoms with Crippen LogP contribution < -0.4 is 0 Å². The number of aromatic amines is 1. The first-order chi connectivity index (χ1) is 6.59. The molecule has 0 saturated heterocycles. The van der Waals surface area contributed by atoms with Gasteiger partial charge in [0.15, 0.2) is 0 Å². The van der Waals surface area contributed by atoms with Gasteiger partial charge in [-0.2, -0.15) is 0 Å². The van der Waals surface area contributed by atoms with Gasteiger partial charge >= 0.3 is 0 Å². The summed E-state index contributed by atoms with van der Waals surface area (Å²) in [6.45, 7) is 1.84. The number of hydrogen-bond acceptors (Lipinski definition) is 2. The van der Waals surface area contributed by atoms with Crippen LogP contribution in [0.5, 0.6) is 0 Å². The smallest absolute Gasteiger partial charge is 0.293 e. The van der Waals surface area contributed by atoms with E-state index in [1.807, 2.05) is 13.0 Å². The highest BCUT2D eigenvalue weighted by Gasteiger charge is 2.15. The molecule has 2 rings (SSSR count). The Hall–Kier alpha value is -1.36. The predicted octanol–water partition coefficient (Wildman–Crippen LogP) is 3.15. The molecule has 0 aliphatic rings. The third-order valence-corrected chi connectivity index (χ3v) is 2.72. The van der Waals surface area contributed by atoms with Crippen molar-refractivity contribution in [1.82, 2.24) is 4.98 Å². The second-order valence-electron chi connectivity index (χ2n) is 3.10. The van der Waals surface area contributed by atoms with Crippen LogP contribution in [0, 0.1) is 17.0 Å². The summed E-state index contributed by atoms with van der Waals surface area (Å²) >= 11 is 3.33. The Morgan fingerprint density at radius 1 is 1.50 bits per heavy atom. The zero-order valence-electron chi connectivity index (χ0n) is 7.37. The van der Waals surface area contributed by atoms with Crippen LogP contribution in [0.3, 0.4) is 0 Å². The number of benzene rings is 1. The molecule has 0 amide bonds. The van der Waals surface area contributed by atoms with E-state index in [2.05, 4.69) is 20.9 Å². The molecule has 0 spiro atoms. The number of H-pyrrole nitrogens is 1. The van der Waals surface area contributed by atoms with E-state index >= 15 is 0 Å². The first-order valence-electron chi connectivity index (χ1n) is 4.01. The molecule has 0 aliphatic heterocycles. The molecule has 0 bridgehead atoms. The molecule has 1 heterocycles. The summed E-state index contributed by atoms with van der Waals surface area (Å²) < 4.78 is 0.847. The molecule has 0 fully saturated rings. The maximum absolute atomic E-state index is 10.7. The second kappa shape index (κ2) is 3.09. The van der Waals surface area contributed by atoms with E-state index < -0.39 is 0 Å². The van der Waals surface area contributed by atoms with Gasteiger partial charge in [-0.15, -0.1) is 0 Å². The predicted molar refractivity (Wildman–Crippen MR) is 57.4 cm³/mol. The highest BCUT2D eigenvalue weighted by Crippen LogP contribution is 2.31. The average Bonchev–Trinajstić information content (AvgIpc) is 2.47. The molecular weight excluding hydrogens is 248 g/mol. The van der Waals surface area contributed by atoms with E-state index in [4.69, 9.17) is 0 Å². The quantitative estimate of drug-likeness (QED) is 0.628. The van der Waals surface area contributed by atoms with Crippen LogP contribution in [0.4, 0.5) is 5.69 Å². The normalized spacial score (nSPS) is 10.7. The van der Waals surface area contributed by atoms with Crippen molar-refractivity contribution in [2.75, 3.05) is 0 Å². The van der Waals surface area contributed by atoms with Gasteiger partial charge in [-0.05, 0) is 34.5 Å². The first-order valence-corrected chi connectivity index (χ1v) is 4.80. The summed E-state index contributed by atoms with van der Waals surface area (Å²) in [6, 6.07) is 3.47. The lowest BCUT2D eigenvalue weighted by atomic mass is 10.1. The molecule has 1 aromatic heterocycles. The molecular formula is C9H7BrN2O2. The van der Waals surface area contributed by atoms with Crippen molar-refractivity contribution in [3.05, 3.63) is 38.5 Å². The van der Waals surface area contributed by atoms with E-state index in [1.165, 1.54) is 0 Å². The number of aromatic nitrogens is 1. The highest BCUT2D eigenvalue weighted by molar-refractivity contribution is 9.10. The SMILES string of the molecule is Cc1cc([N+](=O)[O-])c2[nH]cc(Br)c2c1. The third kappa shape index (κ3) is 1.29. The van der Waals surface area contributed by atoms with Gasteiger partial charge in [-0.1, -0.05) is 0 Å². The molecule has 72 valence electrons. The van der Waals surface area contributed by atoms with Crippen molar-refractivity contribution < 1.29 is 4.92 Å². The van der Waals surface area contributed by atoms with Crippen LogP contribution in [0.2, 0.25) is 0 Å². The monoisotopic (exact) mass is 254 g/mol. The molecule has 0 unspecified atom stereocenters. The van der Waals surface area contributed by atoms with Crippen LogP contribution in [-0.2, 0) is 0 Å². The topological polar surface area (TPSA) is 58.9 Å². The van der Waals surface area contributed by atoms with Crippen molar-refractivity contribution in [3.8, 4) is 0 Å². The Labute approximate surface area is 88.2 Å². The van der Waals surface area contributed by atoms with E-state index in [0.717, 1.165) is 15.4 Å². The number of fused-ring (bicyclic) bond motifs is 1. The van der Waals surface area contributed by atoms with Crippen molar-refractivity contribution >= 4 is 32.5 Å². The number of rotatable bonds is 1. The fourth-order valence-corrected chi connectivity index (χ4v) is 1.89. The van der Waals surface area contributed by atoms with Gasteiger partial charge < -0.3 is 4.98 Å². The van der Waals surface area contributed by atoms with Gasteiger partial charge in [-0.3, -0.25) is 10.1 Å². The summed E-state index contributed by atoms with van der Waals surface area (Å²) in [6.07, 6.45) is 1.71. The van der Waals surface area contributed by atoms with Gasteiger partial charge in [0.25, 0.3) is 5.69 Å². The molecule has 4 nitrogen and oxygen atoms in total. The second-order valence-corrected chi connectivity index (χ2v) is 3.95. The fourth-order valence-electron chi connectivity index (χ4n) is 1.46. The van der Waals surface area contributed by atoms with Crippen molar-refractivity contribution in [3.63, 3.8) is 0 Å². The highest BCUT2D eigenvalue weighted by atomic mass is 79.9. The Bertz CT molecular complexity index is 519. The lowest BCUT2D eigenvalue weighted by molar-refractivity contribution is -0.383. The lowest BCUT2D eigenvalue weighted by Crippen LogP contribution is -1.90. The molecule has 14 heavy (non-hydrogen) atoms. The molecule has 5 heteroatoms. The van der Waals surface area contributed by atoms with Crippen LogP contribution in [0.1, 0.15) is 5.56 Å². The van der Waals surface area contributed by atoms with Crippen molar-refractivity contribution in [2.45, 2.75) is 6.92 Å². The Kier molecular flexibility index (Phi) is 2.03. The number of hydrogen-bond donors (Lipinski definition) is 1. The fraction of sp³-hybridized carbons (Fsp3) is 0.111. The number of aryl methyl sites for hydroxylation is 1. The number of nitrogens with one attached hydrogen (secondary N) is 1. The minimum absolute atomic E-state index is 0.116. The number of nitro groups is 1. The van der Waals surface area contributed by atoms with Crippen LogP contribution in [0.25, 0.3) is 10.9 Å². The van der Waals surface area contributed by atoms with Crippen LogP contribution >= 0.6 is 15.9 Å². The van der Waals surface area contributed by atoms with Crippen molar-refractivity contribution in [2.24, 2.45) is 0 Å². The van der Waals surface area contributed by atoms with Gasteiger partial charge in [-0.25, -0.2) is 0 Å². The molecule has 1 aromatic carbocycles. The molecule has 2 aromatic rings. The summed E-state index contributed by atoms with van der Waals surface area (Å²) in [5, 5.41) is 11.6. The minimum atomic E-state index is -0.377. The number of non-ortho nitro benzene ring substituents is 1. The number of halogens is 1. The molecule has 0 radical (unpaired) electrons. The first kappa shape index (κ1) is 9.21. The van der Waals surface area contributed by atoms with Crippen LogP contribution in [-0.4, -0.2) is 9.91 Å². The Balaban J connectivity index is 2.88. The maximum atomic E-state index is 10.7. The van der Waals surface area contributed by atoms with E-state index in [9.17, 15) is 10.1 Å². The van der Waals surface area contributed by atoms with Crippen LogP contribution in [0.15, 0.2) is 22.8 Å². The molecule has 0 saturated carbocycles. The molecule has 0 aliphatic carbocycles.